The molecule has 1 aromatic carbocycles. The lowest BCUT2D eigenvalue weighted by molar-refractivity contribution is 0.104. The maximum Gasteiger partial charge on any atom is 0.204 e. The molecular weight excluding hydrogens is 324 g/mol. The number of carbonyl (C=O) groups excluding carboxylic acids is 1. The highest BCUT2D eigenvalue weighted by Gasteiger charge is 2.37. The fourth-order valence-electron chi connectivity index (χ4n) is 3.81. The van der Waals surface area contributed by atoms with E-state index in [1.165, 1.54) is 19.3 Å². The molecule has 2 aliphatic rings. The standard InChI is InChI=1S/C18H20N2OS2/c1-22-15-7-3-4-12(8-15)17(21)16-9-19-18(23-16)20-10-13-5-2-6-14(13)11-20/h3-4,7-9,13-14H,2,5-6,10-11H2,1H3. The quantitative estimate of drug-likeness (QED) is 0.610. The van der Waals surface area contributed by atoms with Gasteiger partial charge in [-0.2, -0.15) is 0 Å². The zero-order valence-corrected chi connectivity index (χ0v) is 14.8. The van der Waals surface area contributed by atoms with Crippen molar-refractivity contribution >= 4 is 34.0 Å². The van der Waals surface area contributed by atoms with Crippen molar-refractivity contribution in [3.63, 3.8) is 0 Å². The summed E-state index contributed by atoms with van der Waals surface area (Å²) < 4.78 is 0. The van der Waals surface area contributed by atoms with Gasteiger partial charge in [0.15, 0.2) is 5.13 Å². The molecule has 2 fully saturated rings. The summed E-state index contributed by atoms with van der Waals surface area (Å²) in [5, 5.41) is 1.02. The molecule has 1 aliphatic heterocycles. The van der Waals surface area contributed by atoms with E-state index in [0.29, 0.717) is 0 Å². The van der Waals surface area contributed by atoms with Gasteiger partial charge < -0.3 is 4.90 Å². The Morgan fingerprint density at radius 2 is 2.09 bits per heavy atom. The summed E-state index contributed by atoms with van der Waals surface area (Å²) in [6, 6.07) is 7.83. The molecule has 0 amide bonds. The van der Waals surface area contributed by atoms with Crippen LogP contribution in [0.1, 0.15) is 34.5 Å². The number of benzene rings is 1. The van der Waals surface area contributed by atoms with Crippen LogP contribution >= 0.6 is 23.1 Å². The van der Waals surface area contributed by atoms with Gasteiger partial charge in [-0.25, -0.2) is 4.98 Å². The number of thioether (sulfide) groups is 1. The summed E-state index contributed by atoms with van der Waals surface area (Å²) in [6.07, 6.45) is 7.89. The first-order valence-electron chi connectivity index (χ1n) is 8.14. The van der Waals surface area contributed by atoms with Crippen molar-refractivity contribution in [3.05, 3.63) is 40.9 Å². The van der Waals surface area contributed by atoms with Gasteiger partial charge in [-0.05, 0) is 43.1 Å². The second kappa shape index (κ2) is 6.29. The highest BCUT2D eigenvalue weighted by molar-refractivity contribution is 7.98. The van der Waals surface area contributed by atoms with Gasteiger partial charge >= 0.3 is 0 Å². The summed E-state index contributed by atoms with van der Waals surface area (Å²) in [7, 11) is 0. The van der Waals surface area contributed by atoms with Gasteiger partial charge in [0.1, 0.15) is 0 Å². The molecule has 3 nitrogen and oxygen atoms in total. The van der Waals surface area contributed by atoms with Crippen LogP contribution in [0.15, 0.2) is 35.4 Å². The maximum absolute atomic E-state index is 12.7. The number of ketones is 1. The molecule has 1 saturated carbocycles. The van der Waals surface area contributed by atoms with E-state index in [1.54, 1.807) is 29.3 Å². The normalized spacial score (nSPS) is 23.3. The predicted molar refractivity (Wildman–Crippen MR) is 96.8 cm³/mol. The topological polar surface area (TPSA) is 33.2 Å². The fourth-order valence-corrected chi connectivity index (χ4v) is 5.17. The van der Waals surface area contributed by atoms with E-state index in [-0.39, 0.29) is 5.78 Å². The maximum atomic E-state index is 12.7. The highest BCUT2D eigenvalue weighted by Crippen LogP contribution is 2.40. The number of rotatable bonds is 4. The smallest absolute Gasteiger partial charge is 0.204 e. The van der Waals surface area contributed by atoms with Gasteiger partial charge in [-0.1, -0.05) is 29.9 Å². The first kappa shape index (κ1) is 15.2. The van der Waals surface area contributed by atoms with Crippen LogP contribution in [0, 0.1) is 11.8 Å². The lowest BCUT2D eigenvalue weighted by Crippen LogP contribution is -2.20. The minimum absolute atomic E-state index is 0.0871. The Hall–Kier alpha value is -1.33. The van der Waals surface area contributed by atoms with Gasteiger partial charge in [-0.15, -0.1) is 11.8 Å². The molecule has 0 N–H and O–H groups in total. The number of anilines is 1. The molecule has 2 aromatic rings. The van der Waals surface area contributed by atoms with Crippen LogP contribution in [0.4, 0.5) is 5.13 Å². The summed E-state index contributed by atoms with van der Waals surface area (Å²) in [6.45, 7) is 2.24. The Bertz CT molecular complexity index is 715. The second-order valence-corrected chi connectivity index (χ2v) is 8.31. The van der Waals surface area contributed by atoms with Crippen molar-refractivity contribution in [1.82, 2.24) is 4.98 Å². The van der Waals surface area contributed by atoms with Crippen LogP contribution < -0.4 is 4.90 Å². The van der Waals surface area contributed by atoms with Crippen molar-refractivity contribution in [3.8, 4) is 0 Å². The average Bonchev–Trinajstić information content (AvgIpc) is 3.28. The third-order valence-electron chi connectivity index (χ3n) is 5.05. The lowest BCUT2D eigenvalue weighted by Gasteiger charge is -2.15. The molecule has 0 radical (unpaired) electrons. The number of thiazole rings is 1. The van der Waals surface area contributed by atoms with Gasteiger partial charge in [0.25, 0.3) is 0 Å². The molecule has 120 valence electrons. The Kier molecular flexibility index (Phi) is 4.16. The van der Waals surface area contributed by atoms with E-state index >= 15 is 0 Å². The molecule has 23 heavy (non-hydrogen) atoms. The van der Waals surface area contributed by atoms with Crippen LogP contribution in [0.3, 0.4) is 0 Å². The summed E-state index contributed by atoms with van der Waals surface area (Å²) in [4.78, 5) is 21.5. The van der Waals surface area contributed by atoms with E-state index < -0.39 is 0 Å². The summed E-state index contributed by atoms with van der Waals surface area (Å²) >= 11 is 3.20. The van der Waals surface area contributed by atoms with Crippen molar-refractivity contribution in [2.45, 2.75) is 24.2 Å². The van der Waals surface area contributed by atoms with Crippen LogP contribution in [0.25, 0.3) is 0 Å². The zero-order valence-electron chi connectivity index (χ0n) is 13.2. The number of fused-ring (bicyclic) bond motifs is 1. The molecule has 1 aromatic heterocycles. The number of carbonyl (C=O) groups is 1. The van der Waals surface area contributed by atoms with Crippen LogP contribution in [0.2, 0.25) is 0 Å². The third kappa shape index (κ3) is 2.92. The van der Waals surface area contributed by atoms with Crippen LogP contribution in [-0.2, 0) is 0 Å². The Labute approximate surface area is 145 Å². The number of nitrogens with zero attached hydrogens (tertiary/aromatic N) is 2. The molecule has 0 bridgehead atoms. The molecule has 1 aliphatic carbocycles. The molecule has 4 rings (SSSR count). The monoisotopic (exact) mass is 344 g/mol. The second-order valence-electron chi connectivity index (χ2n) is 6.42. The molecule has 2 heterocycles. The molecule has 5 heteroatoms. The minimum atomic E-state index is 0.0871. The minimum Gasteiger partial charge on any atom is -0.348 e. The molecule has 2 unspecified atom stereocenters. The average molecular weight is 345 g/mol. The van der Waals surface area contributed by atoms with E-state index in [1.807, 2.05) is 30.5 Å². The summed E-state index contributed by atoms with van der Waals surface area (Å²) in [5.74, 6) is 1.77. The van der Waals surface area contributed by atoms with Crippen LogP contribution in [0.5, 0.6) is 0 Å². The first-order chi connectivity index (χ1) is 11.2. The third-order valence-corrected chi connectivity index (χ3v) is 6.83. The van der Waals surface area contributed by atoms with Crippen molar-refractivity contribution < 1.29 is 4.79 Å². The van der Waals surface area contributed by atoms with Gasteiger partial charge in [-0.3, -0.25) is 4.79 Å². The number of hydrogen-bond acceptors (Lipinski definition) is 5. The van der Waals surface area contributed by atoms with Crippen molar-refractivity contribution in [2.24, 2.45) is 11.8 Å². The van der Waals surface area contributed by atoms with E-state index in [0.717, 1.165) is 45.4 Å². The Balaban J connectivity index is 1.52. The van der Waals surface area contributed by atoms with Crippen molar-refractivity contribution in [2.75, 3.05) is 24.2 Å². The number of hydrogen-bond donors (Lipinski definition) is 0. The SMILES string of the molecule is CSc1cccc(C(=O)c2cnc(N3CC4CCCC4C3)s2)c1. The molecular formula is C18H20N2OS2. The highest BCUT2D eigenvalue weighted by atomic mass is 32.2. The molecule has 1 saturated heterocycles. The Morgan fingerprint density at radius 3 is 2.83 bits per heavy atom. The first-order valence-corrected chi connectivity index (χ1v) is 10.2. The molecule has 2 atom stereocenters. The zero-order chi connectivity index (χ0) is 15.8. The summed E-state index contributed by atoms with van der Waals surface area (Å²) in [5.41, 5.74) is 0.755. The van der Waals surface area contributed by atoms with Gasteiger partial charge in [0.2, 0.25) is 5.78 Å². The van der Waals surface area contributed by atoms with E-state index in [4.69, 9.17) is 0 Å². The molecule has 0 spiro atoms. The van der Waals surface area contributed by atoms with Crippen LogP contribution in [-0.4, -0.2) is 30.1 Å². The Morgan fingerprint density at radius 1 is 1.30 bits per heavy atom. The largest absolute Gasteiger partial charge is 0.348 e. The van der Waals surface area contributed by atoms with Gasteiger partial charge in [0.05, 0.1) is 11.1 Å². The number of aromatic nitrogens is 1. The van der Waals surface area contributed by atoms with E-state index in [2.05, 4.69) is 9.88 Å². The van der Waals surface area contributed by atoms with E-state index in [9.17, 15) is 4.79 Å². The fraction of sp³-hybridized carbons (Fsp3) is 0.444. The van der Waals surface area contributed by atoms with Crippen molar-refractivity contribution in [1.29, 1.82) is 0 Å². The van der Waals surface area contributed by atoms with Gasteiger partial charge in [0, 0.05) is 23.5 Å². The lowest BCUT2D eigenvalue weighted by atomic mass is 10.0. The predicted octanol–water partition coefficient (Wildman–Crippen LogP) is 4.33.